The fraction of sp³-hybridized carbons (Fsp3) is 0.364. The smallest absolute Gasteiger partial charge is 0.259 e. The highest BCUT2D eigenvalue weighted by molar-refractivity contribution is 6.11. The Morgan fingerprint density at radius 3 is 2.93 bits per heavy atom. The third-order valence-electron chi connectivity index (χ3n) is 5.13. The van der Waals surface area contributed by atoms with Crippen LogP contribution in [0.3, 0.4) is 0 Å². The number of carbonyl (C=O) groups is 1. The topological polar surface area (TPSA) is 70.2 Å². The molecule has 1 aliphatic rings. The van der Waals surface area contributed by atoms with E-state index >= 15 is 0 Å². The highest BCUT2D eigenvalue weighted by Crippen LogP contribution is 2.21. The van der Waals surface area contributed by atoms with Crippen molar-refractivity contribution in [2.75, 3.05) is 31.6 Å². The third-order valence-corrected chi connectivity index (χ3v) is 5.13. The highest BCUT2D eigenvalue weighted by atomic mass is 16.5. The summed E-state index contributed by atoms with van der Waals surface area (Å²) in [5.41, 5.74) is 3.99. The number of pyridine rings is 1. The van der Waals surface area contributed by atoms with Crippen LogP contribution in [0.15, 0.2) is 42.6 Å². The van der Waals surface area contributed by atoms with Crippen LogP contribution in [-0.4, -0.2) is 47.0 Å². The van der Waals surface area contributed by atoms with Gasteiger partial charge in [-0.25, -0.2) is 4.98 Å². The average Bonchev–Trinajstić information content (AvgIpc) is 3.36. The number of nitrogens with zero attached hydrogens (tertiary/aromatic N) is 2. The summed E-state index contributed by atoms with van der Waals surface area (Å²) in [6.45, 7) is 5.92. The van der Waals surface area contributed by atoms with Crippen molar-refractivity contribution in [2.45, 2.75) is 26.2 Å². The van der Waals surface area contributed by atoms with Gasteiger partial charge < -0.3 is 19.9 Å². The van der Waals surface area contributed by atoms with Gasteiger partial charge in [0.25, 0.3) is 5.91 Å². The van der Waals surface area contributed by atoms with Gasteiger partial charge in [-0.2, -0.15) is 0 Å². The van der Waals surface area contributed by atoms with Crippen LogP contribution in [0.5, 0.6) is 5.88 Å². The fourth-order valence-corrected chi connectivity index (χ4v) is 3.68. The third kappa shape index (κ3) is 4.17. The SMILES string of the molecule is CCOc1ccc2[nH]cc(C(=O)Nc3cccc(CCN4CCCC4)c3)c2n1. The minimum absolute atomic E-state index is 0.177. The van der Waals surface area contributed by atoms with Gasteiger partial charge in [-0.3, -0.25) is 4.79 Å². The van der Waals surface area contributed by atoms with Gasteiger partial charge in [0, 0.05) is 24.5 Å². The van der Waals surface area contributed by atoms with Crippen LogP contribution in [0.4, 0.5) is 5.69 Å². The first kappa shape index (κ1) is 18.5. The molecule has 3 aromatic rings. The molecular weight excluding hydrogens is 352 g/mol. The number of ether oxygens (including phenoxy) is 1. The van der Waals surface area contributed by atoms with E-state index in [0.717, 1.165) is 24.2 Å². The number of aromatic amines is 1. The fourth-order valence-electron chi connectivity index (χ4n) is 3.68. The summed E-state index contributed by atoms with van der Waals surface area (Å²) in [7, 11) is 0. The first-order valence-corrected chi connectivity index (χ1v) is 9.96. The molecule has 6 nitrogen and oxygen atoms in total. The van der Waals surface area contributed by atoms with E-state index in [1.54, 1.807) is 12.3 Å². The van der Waals surface area contributed by atoms with E-state index < -0.39 is 0 Å². The van der Waals surface area contributed by atoms with Gasteiger partial charge in [-0.15, -0.1) is 0 Å². The van der Waals surface area contributed by atoms with Crippen molar-refractivity contribution in [1.29, 1.82) is 0 Å². The Hall–Kier alpha value is -2.86. The number of H-pyrrole nitrogens is 1. The van der Waals surface area contributed by atoms with Crippen molar-refractivity contribution in [3.05, 3.63) is 53.7 Å². The molecule has 1 saturated heterocycles. The molecule has 0 bridgehead atoms. The van der Waals surface area contributed by atoms with Crippen molar-refractivity contribution < 1.29 is 9.53 Å². The second-order valence-corrected chi connectivity index (χ2v) is 7.13. The van der Waals surface area contributed by atoms with Crippen LogP contribution in [0, 0.1) is 0 Å². The normalized spacial score (nSPS) is 14.5. The lowest BCUT2D eigenvalue weighted by Gasteiger charge is -2.14. The molecule has 0 atom stereocenters. The molecule has 1 aromatic carbocycles. The van der Waals surface area contributed by atoms with Gasteiger partial charge in [0.15, 0.2) is 0 Å². The molecule has 0 spiro atoms. The van der Waals surface area contributed by atoms with Crippen LogP contribution < -0.4 is 10.1 Å². The number of benzene rings is 1. The lowest BCUT2D eigenvalue weighted by Crippen LogP contribution is -2.22. The summed E-state index contributed by atoms with van der Waals surface area (Å²) >= 11 is 0. The predicted molar refractivity (Wildman–Crippen MR) is 111 cm³/mol. The molecular formula is C22H26N4O2. The number of amides is 1. The second kappa shape index (κ2) is 8.44. The number of rotatable bonds is 7. The molecule has 0 aliphatic carbocycles. The number of hydrogen-bond acceptors (Lipinski definition) is 4. The number of fused-ring (bicyclic) bond motifs is 1. The maximum Gasteiger partial charge on any atom is 0.259 e. The van der Waals surface area contributed by atoms with Gasteiger partial charge in [-0.05, 0) is 63.0 Å². The summed E-state index contributed by atoms with van der Waals surface area (Å²) in [5.74, 6) is 0.344. The van der Waals surface area contributed by atoms with Crippen molar-refractivity contribution in [3.63, 3.8) is 0 Å². The molecule has 0 radical (unpaired) electrons. The van der Waals surface area contributed by atoms with Crippen LogP contribution in [0.1, 0.15) is 35.7 Å². The van der Waals surface area contributed by atoms with E-state index in [2.05, 4.69) is 32.3 Å². The summed E-state index contributed by atoms with van der Waals surface area (Å²) in [5, 5.41) is 3.00. The van der Waals surface area contributed by atoms with Crippen molar-refractivity contribution in [2.24, 2.45) is 0 Å². The molecule has 3 heterocycles. The second-order valence-electron chi connectivity index (χ2n) is 7.13. The maximum absolute atomic E-state index is 12.8. The minimum Gasteiger partial charge on any atom is -0.478 e. The summed E-state index contributed by atoms with van der Waals surface area (Å²) in [6.07, 6.45) is 5.30. The molecule has 0 unspecified atom stereocenters. The molecule has 1 amide bonds. The molecule has 1 fully saturated rings. The van der Waals surface area contributed by atoms with Gasteiger partial charge in [0.05, 0.1) is 17.7 Å². The van der Waals surface area contributed by atoms with E-state index in [0.29, 0.717) is 23.6 Å². The van der Waals surface area contributed by atoms with E-state index in [9.17, 15) is 4.79 Å². The Bertz CT molecular complexity index is 960. The summed E-state index contributed by atoms with van der Waals surface area (Å²) < 4.78 is 5.46. The first-order chi connectivity index (χ1) is 13.7. The lowest BCUT2D eigenvalue weighted by molar-refractivity contribution is 0.102. The van der Waals surface area contributed by atoms with Gasteiger partial charge in [0.1, 0.15) is 5.52 Å². The van der Waals surface area contributed by atoms with Crippen LogP contribution in [0.2, 0.25) is 0 Å². The number of aromatic nitrogens is 2. The molecule has 0 saturated carbocycles. The molecule has 2 N–H and O–H groups in total. The number of likely N-dealkylation sites (tertiary alicyclic amines) is 1. The molecule has 4 rings (SSSR count). The van der Waals surface area contributed by atoms with Crippen molar-refractivity contribution in [1.82, 2.24) is 14.9 Å². The monoisotopic (exact) mass is 378 g/mol. The lowest BCUT2D eigenvalue weighted by atomic mass is 10.1. The molecule has 28 heavy (non-hydrogen) atoms. The zero-order valence-electron chi connectivity index (χ0n) is 16.2. The van der Waals surface area contributed by atoms with Crippen LogP contribution in [-0.2, 0) is 6.42 Å². The first-order valence-electron chi connectivity index (χ1n) is 9.96. The Morgan fingerprint density at radius 1 is 1.25 bits per heavy atom. The van der Waals surface area contributed by atoms with Gasteiger partial charge in [0.2, 0.25) is 5.88 Å². The maximum atomic E-state index is 12.8. The molecule has 6 heteroatoms. The van der Waals surface area contributed by atoms with E-state index in [1.165, 1.54) is 31.5 Å². The van der Waals surface area contributed by atoms with E-state index in [-0.39, 0.29) is 5.91 Å². The molecule has 146 valence electrons. The van der Waals surface area contributed by atoms with E-state index in [4.69, 9.17) is 4.74 Å². The minimum atomic E-state index is -0.177. The predicted octanol–water partition coefficient (Wildman–Crippen LogP) is 3.85. The number of carbonyl (C=O) groups excluding carboxylic acids is 1. The van der Waals surface area contributed by atoms with Gasteiger partial charge >= 0.3 is 0 Å². The number of anilines is 1. The standard InChI is InChI=1S/C22H26N4O2/c1-2-28-20-9-8-19-21(25-20)18(15-23-19)22(27)24-17-7-5-6-16(14-17)10-13-26-11-3-4-12-26/h5-9,14-15,23H,2-4,10-13H2,1H3,(H,24,27). The summed E-state index contributed by atoms with van der Waals surface area (Å²) in [6, 6.07) is 11.8. The average molecular weight is 378 g/mol. The van der Waals surface area contributed by atoms with E-state index in [1.807, 2.05) is 25.1 Å². The van der Waals surface area contributed by atoms with Crippen molar-refractivity contribution in [3.8, 4) is 5.88 Å². The zero-order chi connectivity index (χ0) is 19.3. The Labute approximate surface area is 164 Å². The Balaban J connectivity index is 1.46. The largest absolute Gasteiger partial charge is 0.478 e. The zero-order valence-corrected chi connectivity index (χ0v) is 16.2. The molecule has 1 aliphatic heterocycles. The highest BCUT2D eigenvalue weighted by Gasteiger charge is 2.15. The summed E-state index contributed by atoms with van der Waals surface area (Å²) in [4.78, 5) is 22.9. The van der Waals surface area contributed by atoms with Crippen LogP contribution in [0.25, 0.3) is 11.0 Å². The van der Waals surface area contributed by atoms with Gasteiger partial charge in [-0.1, -0.05) is 12.1 Å². The molecule has 2 aromatic heterocycles. The quantitative estimate of drug-likeness (QED) is 0.655. The number of nitrogens with one attached hydrogen (secondary N) is 2. The van der Waals surface area contributed by atoms with Crippen LogP contribution >= 0.6 is 0 Å². The number of hydrogen-bond donors (Lipinski definition) is 2. The Morgan fingerprint density at radius 2 is 2.11 bits per heavy atom. The van der Waals surface area contributed by atoms with Crippen molar-refractivity contribution >= 4 is 22.6 Å². The Kier molecular flexibility index (Phi) is 5.58.